The number of carbonyl (C=O) groups is 1. The van der Waals surface area contributed by atoms with E-state index in [-0.39, 0.29) is 5.91 Å². The van der Waals surface area contributed by atoms with E-state index in [0.29, 0.717) is 30.2 Å². The van der Waals surface area contributed by atoms with Crippen molar-refractivity contribution < 1.29 is 4.79 Å². The number of carbonyl (C=O) groups excluding carboxylic acids is 1. The quantitative estimate of drug-likeness (QED) is 0.828. The molecule has 1 aliphatic carbocycles. The first-order valence-electron chi connectivity index (χ1n) is 10.4. The van der Waals surface area contributed by atoms with Crippen molar-refractivity contribution in [3.63, 3.8) is 0 Å². The molecule has 1 amide bonds. The molecule has 0 spiro atoms. The van der Waals surface area contributed by atoms with Gasteiger partial charge in [0.2, 0.25) is 0 Å². The fourth-order valence-electron chi connectivity index (χ4n) is 4.24. The van der Waals surface area contributed by atoms with Crippen LogP contribution in [0.2, 0.25) is 0 Å². The third kappa shape index (κ3) is 4.35. The third-order valence-electron chi connectivity index (χ3n) is 6.09. The number of aromatic nitrogens is 3. The summed E-state index contributed by atoms with van der Waals surface area (Å²) >= 11 is 0. The second-order valence-corrected chi connectivity index (χ2v) is 8.30. The van der Waals surface area contributed by atoms with Crippen molar-refractivity contribution in [1.82, 2.24) is 20.3 Å². The third-order valence-corrected chi connectivity index (χ3v) is 6.09. The lowest BCUT2D eigenvalue weighted by molar-refractivity contribution is 0.0943. The zero-order chi connectivity index (χ0) is 19.5. The maximum absolute atomic E-state index is 12.5. The number of benzene rings is 1. The molecule has 28 heavy (non-hydrogen) atoms. The molecule has 1 aliphatic heterocycles. The van der Waals surface area contributed by atoms with Gasteiger partial charge in [0.15, 0.2) is 5.69 Å². The van der Waals surface area contributed by atoms with Crippen LogP contribution in [0, 0.1) is 12.8 Å². The number of nitrogens with two attached hydrogens (primary N) is 1. The van der Waals surface area contributed by atoms with Crippen LogP contribution >= 0.6 is 0 Å². The van der Waals surface area contributed by atoms with E-state index in [1.165, 1.54) is 11.3 Å². The molecule has 7 heteroatoms. The summed E-state index contributed by atoms with van der Waals surface area (Å²) in [6.07, 6.45) is 6.88. The molecule has 4 rings (SSSR count). The number of aryl methyl sites for hydroxylation is 1. The van der Waals surface area contributed by atoms with Crippen LogP contribution in [0.1, 0.15) is 54.2 Å². The highest BCUT2D eigenvalue weighted by atomic mass is 16.2. The first-order chi connectivity index (χ1) is 13.6. The van der Waals surface area contributed by atoms with Gasteiger partial charge in [0.1, 0.15) is 0 Å². The maximum atomic E-state index is 12.5. The van der Waals surface area contributed by atoms with Gasteiger partial charge in [-0.25, -0.2) is 4.68 Å². The zero-order valence-electron chi connectivity index (χ0n) is 16.6. The standard InChI is InChI=1S/C21H30N6O/c1-15-2-6-18(7-3-15)26-11-10-16(13-26)12-23-21(28)20-14-27(25-24-20)19-8-4-17(22)5-9-19/h2-3,6-7,14,16-17,19H,4-5,8-13,22H2,1H3,(H,23,28). The Kier molecular flexibility index (Phi) is 5.62. The zero-order valence-corrected chi connectivity index (χ0v) is 16.6. The number of hydrogen-bond donors (Lipinski definition) is 2. The maximum Gasteiger partial charge on any atom is 0.273 e. The summed E-state index contributed by atoms with van der Waals surface area (Å²) in [4.78, 5) is 14.9. The predicted molar refractivity (Wildman–Crippen MR) is 109 cm³/mol. The van der Waals surface area contributed by atoms with Crippen molar-refractivity contribution in [3.05, 3.63) is 41.7 Å². The first-order valence-corrected chi connectivity index (χ1v) is 10.4. The van der Waals surface area contributed by atoms with Crippen LogP contribution < -0.4 is 16.0 Å². The van der Waals surface area contributed by atoms with E-state index in [4.69, 9.17) is 5.73 Å². The van der Waals surface area contributed by atoms with E-state index in [9.17, 15) is 4.79 Å². The monoisotopic (exact) mass is 382 g/mol. The average Bonchev–Trinajstić information content (AvgIpc) is 3.37. The summed E-state index contributed by atoms with van der Waals surface area (Å²) in [5, 5.41) is 11.3. The van der Waals surface area contributed by atoms with Crippen molar-refractivity contribution in [2.24, 2.45) is 11.7 Å². The molecule has 7 nitrogen and oxygen atoms in total. The Labute approximate surface area is 166 Å². The Morgan fingerprint density at radius 1 is 1.18 bits per heavy atom. The van der Waals surface area contributed by atoms with Crippen molar-refractivity contribution in [2.75, 3.05) is 24.5 Å². The molecular weight excluding hydrogens is 352 g/mol. The lowest BCUT2D eigenvalue weighted by Crippen LogP contribution is -2.31. The molecule has 150 valence electrons. The van der Waals surface area contributed by atoms with Crippen LogP contribution in [-0.2, 0) is 0 Å². The minimum absolute atomic E-state index is 0.132. The number of amides is 1. The molecule has 2 aliphatic rings. The summed E-state index contributed by atoms with van der Waals surface area (Å²) in [5.41, 5.74) is 8.91. The van der Waals surface area contributed by atoms with Gasteiger partial charge < -0.3 is 16.0 Å². The van der Waals surface area contributed by atoms with E-state index in [1.54, 1.807) is 6.20 Å². The minimum atomic E-state index is -0.132. The number of nitrogens with zero attached hydrogens (tertiary/aromatic N) is 4. The number of hydrogen-bond acceptors (Lipinski definition) is 5. The minimum Gasteiger partial charge on any atom is -0.371 e. The Morgan fingerprint density at radius 2 is 1.93 bits per heavy atom. The normalized spacial score (nSPS) is 25.1. The smallest absolute Gasteiger partial charge is 0.273 e. The molecule has 2 fully saturated rings. The number of rotatable bonds is 5. The lowest BCUT2D eigenvalue weighted by atomic mass is 9.92. The Hall–Kier alpha value is -2.41. The highest BCUT2D eigenvalue weighted by Crippen LogP contribution is 2.27. The largest absolute Gasteiger partial charge is 0.371 e. The van der Waals surface area contributed by atoms with Crippen molar-refractivity contribution in [1.29, 1.82) is 0 Å². The Bertz CT molecular complexity index is 793. The molecule has 1 unspecified atom stereocenters. The van der Waals surface area contributed by atoms with Crippen LogP contribution in [0.5, 0.6) is 0 Å². The van der Waals surface area contributed by atoms with Crippen LogP contribution in [0.3, 0.4) is 0 Å². The predicted octanol–water partition coefficient (Wildman–Crippen LogP) is 2.29. The lowest BCUT2D eigenvalue weighted by Gasteiger charge is -2.25. The summed E-state index contributed by atoms with van der Waals surface area (Å²) < 4.78 is 1.84. The highest BCUT2D eigenvalue weighted by molar-refractivity contribution is 5.91. The molecule has 1 aromatic carbocycles. The summed E-state index contributed by atoms with van der Waals surface area (Å²) in [6, 6.07) is 9.25. The Balaban J connectivity index is 1.26. The molecule has 0 radical (unpaired) electrons. The van der Waals surface area contributed by atoms with E-state index in [0.717, 1.165) is 45.2 Å². The summed E-state index contributed by atoms with van der Waals surface area (Å²) in [6.45, 7) is 4.78. The second kappa shape index (κ2) is 8.31. The van der Waals surface area contributed by atoms with Gasteiger partial charge in [-0.1, -0.05) is 22.9 Å². The van der Waals surface area contributed by atoms with Crippen molar-refractivity contribution >= 4 is 11.6 Å². The van der Waals surface area contributed by atoms with Crippen molar-refractivity contribution in [3.8, 4) is 0 Å². The van der Waals surface area contributed by atoms with E-state index in [1.807, 2.05) is 4.68 Å². The number of nitrogens with one attached hydrogen (secondary N) is 1. The fraction of sp³-hybridized carbons (Fsp3) is 0.571. The molecule has 2 heterocycles. The van der Waals surface area contributed by atoms with Gasteiger partial charge >= 0.3 is 0 Å². The van der Waals surface area contributed by atoms with Crippen LogP contribution in [-0.4, -0.2) is 46.6 Å². The van der Waals surface area contributed by atoms with Gasteiger partial charge in [0, 0.05) is 31.4 Å². The van der Waals surface area contributed by atoms with Gasteiger partial charge in [0.05, 0.1) is 12.2 Å². The first kappa shape index (κ1) is 18.9. The van der Waals surface area contributed by atoms with Crippen LogP contribution in [0.15, 0.2) is 30.5 Å². The fourth-order valence-corrected chi connectivity index (χ4v) is 4.24. The molecular formula is C21H30N6O. The Morgan fingerprint density at radius 3 is 2.68 bits per heavy atom. The average molecular weight is 383 g/mol. The van der Waals surface area contributed by atoms with Gasteiger partial charge in [0.25, 0.3) is 5.91 Å². The molecule has 0 bridgehead atoms. The van der Waals surface area contributed by atoms with Gasteiger partial charge in [-0.15, -0.1) is 5.10 Å². The summed E-state index contributed by atoms with van der Waals surface area (Å²) in [7, 11) is 0. The van der Waals surface area contributed by atoms with Crippen LogP contribution in [0.4, 0.5) is 5.69 Å². The molecule has 3 N–H and O–H groups in total. The molecule has 1 saturated heterocycles. The molecule has 1 saturated carbocycles. The van der Waals surface area contributed by atoms with Crippen molar-refractivity contribution in [2.45, 2.75) is 51.1 Å². The summed E-state index contributed by atoms with van der Waals surface area (Å²) in [5.74, 6) is 0.327. The molecule has 1 atom stereocenters. The second-order valence-electron chi connectivity index (χ2n) is 8.30. The van der Waals surface area contributed by atoms with Crippen LogP contribution in [0.25, 0.3) is 0 Å². The topological polar surface area (TPSA) is 89.1 Å². The van der Waals surface area contributed by atoms with E-state index in [2.05, 4.69) is 51.7 Å². The number of anilines is 1. The SMILES string of the molecule is Cc1ccc(N2CCC(CNC(=O)c3cn(C4CCC(N)CC4)nn3)C2)cc1. The van der Waals surface area contributed by atoms with Gasteiger partial charge in [-0.3, -0.25) is 4.79 Å². The molecule has 2 aromatic rings. The van der Waals surface area contributed by atoms with E-state index >= 15 is 0 Å². The van der Waals surface area contributed by atoms with E-state index < -0.39 is 0 Å². The highest BCUT2D eigenvalue weighted by Gasteiger charge is 2.25. The van der Waals surface area contributed by atoms with Gasteiger partial charge in [-0.2, -0.15) is 0 Å². The molecule has 1 aromatic heterocycles. The van der Waals surface area contributed by atoms with Gasteiger partial charge in [-0.05, 0) is 57.1 Å².